The SMILES string of the molecule is Cc1c(C)c(C)c2c(c1C)-c1n3c(C)c(C)c(C)c(C)c3c(C)[n+]1C2(C)C. The third kappa shape index (κ3) is 1.89. The zero-order valence-corrected chi connectivity index (χ0v) is 18.9. The monoisotopic (exact) mass is 361 g/mol. The molecule has 0 N–H and O–H groups in total. The highest BCUT2D eigenvalue weighted by atomic mass is 15.2. The molecule has 0 spiro atoms. The van der Waals surface area contributed by atoms with Gasteiger partial charge in [0.05, 0.1) is 5.56 Å². The van der Waals surface area contributed by atoms with Crippen LogP contribution >= 0.6 is 0 Å². The van der Waals surface area contributed by atoms with Crippen LogP contribution in [0.15, 0.2) is 0 Å². The van der Waals surface area contributed by atoms with Crippen molar-refractivity contribution in [1.82, 2.24) is 4.40 Å². The summed E-state index contributed by atoms with van der Waals surface area (Å²) < 4.78 is 5.15. The molecule has 3 heterocycles. The van der Waals surface area contributed by atoms with Gasteiger partial charge in [-0.3, -0.25) is 0 Å². The van der Waals surface area contributed by atoms with Crippen LogP contribution in [0.1, 0.15) is 69.7 Å². The number of imidazole rings is 1. The van der Waals surface area contributed by atoms with Crippen molar-refractivity contribution in [2.75, 3.05) is 0 Å². The molecule has 0 bridgehead atoms. The van der Waals surface area contributed by atoms with Gasteiger partial charge in [0.1, 0.15) is 16.9 Å². The average Bonchev–Trinajstić information content (AvgIpc) is 3.04. The van der Waals surface area contributed by atoms with E-state index in [0.29, 0.717) is 0 Å². The summed E-state index contributed by atoms with van der Waals surface area (Å²) in [5.74, 6) is 1.37. The van der Waals surface area contributed by atoms with Crippen LogP contribution in [-0.4, -0.2) is 4.40 Å². The van der Waals surface area contributed by atoms with Gasteiger partial charge in [-0.15, -0.1) is 0 Å². The average molecular weight is 362 g/mol. The van der Waals surface area contributed by atoms with Gasteiger partial charge in [-0.05, 0) is 103 Å². The summed E-state index contributed by atoms with van der Waals surface area (Å²) in [5.41, 5.74) is 17.0. The fourth-order valence-corrected chi connectivity index (χ4v) is 5.67. The highest BCUT2D eigenvalue weighted by molar-refractivity contribution is 5.77. The highest BCUT2D eigenvalue weighted by Crippen LogP contribution is 2.46. The molecule has 0 atom stereocenters. The molecule has 3 aromatic rings. The molecule has 142 valence electrons. The minimum absolute atomic E-state index is 0.0469. The number of aryl methyl sites for hydroxylation is 3. The van der Waals surface area contributed by atoms with E-state index in [0.717, 1.165) is 0 Å². The summed E-state index contributed by atoms with van der Waals surface area (Å²) in [6.45, 7) is 25.4. The molecule has 1 aliphatic heterocycles. The first-order valence-corrected chi connectivity index (χ1v) is 10.1. The molecule has 0 aliphatic carbocycles. The number of aromatic nitrogens is 2. The highest BCUT2D eigenvalue weighted by Gasteiger charge is 2.49. The summed E-state index contributed by atoms with van der Waals surface area (Å²) in [7, 11) is 0. The van der Waals surface area contributed by atoms with Crippen molar-refractivity contribution >= 4 is 5.52 Å². The zero-order valence-electron chi connectivity index (χ0n) is 18.9. The van der Waals surface area contributed by atoms with E-state index in [1.165, 1.54) is 72.8 Å². The number of pyridine rings is 1. The number of hydrogen-bond donors (Lipinski definition) is 0. The van der Waals surface area contributed by atoms with Gasteiger partial charge in [0.15, 0.2) is 5.52 Å². The maximum absolute atomic E-state index is 2.60. The van der Waals surface area contributed by atoms with E-state index in [1.54, 1.807) is 0 Å². The third-order valence-electron chi connectivity index (χ3n) is 7.77. The number of nitrogens with zero attached hydrogens (tertiary/aromatic N) is 2. The molecule has 2 nitrogen and oxygen atoms in total. The second-order valence-electron chi connectivity index (χ2n) is 9.20. The van der Waals surface area contributed by atoms with Gasteiger partial charge in [0.25, 0.3) is 5.82 Å². The van der Waals surface area contributed by atoms with Gasteiger partial charge in [-0.25, -0.2) is 4.57 Å². The lowest BCUT2D eigenvalue weighted by Gasteiger charge is -2.23. The third-order valence-corrected chi connectivity index (χ3v) is 7.77. The summed E-state index contributed by atoms with van der Waals surface area (Å²) in [5, 5.41) is 0. The van der Waals surface area contributed by atoms with E-state index in [4.69, 9.17) is 0 Å². The normalized spacial score (nSPS) is 14.8. The quantitative estimate of drug-likeness (QED) is 0.450. The lowest BCUT2D eigenvalue weighted by molar-refractivity contribution is -0.735. The Hall–Kier alpha value is -2.09. The number of benzene rings is 1. The maximum Gasteiger partial charge on any atom is 0.295 e. The Balaban J connectivity index is 2.36. The van der Waals surface area contributed by atoms with E-state index in [9.17, 15) is 0 Å². The smallest absolute Gasteiger partial charge is 0.217 e. The van der Waals surface area contributed by atoms with Crippen molar-refractivity contribution < 1.29 is 4.57 Å². The largest absolute Gasteiger partial charge is 0.295 e. The molecule has 4 rings (SSSR count). The van der Waals surface area contributed by atoms with Crippen LogP contribution in [0.2, 0.25) is 0 Å². The van der Waals surface area contributed by atoms with Gasteiger partial charge in [0.2, 0.25) is 0 Å². The van der Waals surface area contributed by atoms with Gasteiger partial charge in [-0.2, -0.15) is 4.40 Å². The Bertz CT molecular complexity index is 1170. The lowest BCUT2D eigenvalue weighted by atomic mass is 9.82. The Labute approximate surface area is 163 Å². The second kappa shape index (κ2) is 5.25. The van der Waals surface area contributed by atoms with Gasteiger partial charge >= 0.3 is 0 Å². The van der Waals surface area contributed by atoms with E-state index in [2.05, 4.69) is 85.1 Å². The summed E-state index contributed by atoms with van der Waals surface area (Å²) >= 11 is 0. The van der Waals surface area contributed by atoms with Crippen molar-refractivity contribution in [2.24, 2.45) is 0 Å². The molecule has 0 saturated heterocycles. The minimum atomic E-state index is -0.0469. The lowest BCUT2D eigenvalue weighted by Crippen LogP contribution is -2.51. The molecule has 0 fully saturated rings. The van der Waals surface area contributed by atoms with E-state index < -0.39 is 0 Å². The Morgan fingerprint density at radius 1 is 0.630 bits per heavy atom. The Morgan fingerprint density at radius 3 is 1.74 bits per heavy atom. The zero-order chi connectivity index (χ0) is 20.2. The number of fused-ring (bicyclic) bond motifs is 5. The molecular formula is C25H33N2+. The van der Waals surface area contributed by atoms with Crippen LogP contribution in [0, 0.1) is 62.3 Å². The van der Waals surface area contributed by atoms with E-state index in [-0.39, 0.29) is 5.54 Å². The molecular weight excluding hydrogens is 328 g/mol. The fourth-order valence-electron chi connectivity index (χ4n) is 5.67. The summed E-state index contributed by atoms with van der Waals surface area (Å²) in [6, 6.07) is 0. The molecule has 2 aromatic heterocycles. The molecule has 0 unspecified atom stereocenters. The first kappa shape index (κ1) is 18.3. The van der Waals surface area contributed by atoms with Gasteiger partial charge in [-0.1, -0.05) is 0 Å². The number of rotatable bonds is 0. The topological polar surface area (TPSA) is 8.29 Å². The molecule has 27 heavy (non-hydrogen) atoms. The molecule has 0 amide bonds. The van der Waals surface area contributed by atoms with Crippen LogP contribution in [0.5, 0.6) is 0 Å². The van der Waals surface area contributed by atoms with Crippen molar-refractivity contribution in [3.05, 3.63) is 55.9 Å². The summed E-state index contributed by atoms with van der Waals surface area (Å²) in [4.78, 5) is 0. The molecule has 0 radical (unpaired) electrons. The van der Waals surface area contributed by atoms with Crippen LogP contribution in [0.4, 0.5) is 0 Å². The standard InChI is InChI=1S/C25H33N2/c1-12-13(2)17(6)22-21(16(12)5)24-26-19(8)15(4)14(3)18(7)23(26)20(9)27(24)25(22,10)11/h1-11H3/q+1. The van der Waals surface area contributed by atoms with Crippen LogP contribution in [-0.2, 0) is 5.54 Å². The second-order valence-corrected chi connectivity index (χ2v) is 9.20. The maximum atomic E-state index is 2.60. The predicted molar refractivity (Wildman–Crippen MR) is 114 cm³/mol. The summed E-state index contributed by atoms with van der Waals surface area (Å²) in [6.07, 6.45) is 0. The van der Waals surface area contributed by atoms with Crippen LogP contribution < -0.4 is 4.57 Å². The van der Waals surface area contributed by atoms with Crippen LogP contribution in [0.3, 0.4) is 0 Å². The van der Waals surface area contributed by atoms with Gasteiger partial charge in [0, 0.05) is 18.1 Å². The number of hydrogen-bond acceptors (Lipinski definition) is 0. The van der Waals surface area contributed by atoms with Crippen molar-refractivity contribution in [1.29, 1.82) is 0 Å². The fraction of sp³-hybridized carbons (Fsp3) is 0.480. The van der Waals surface area contributed by atoms with Crippen LogP contribution in [0.25, 0.3) is 16.9 Å². The van der Waals surface area contributed by atoms with E-state index >= 15 is 0 Å². The van der Waals surface area contributed by atoms with Crippen molar-refractivity contribution in [3.63, 3.8) is 0 Å². The van der Waals surface area contributed by atoms with E-state index in [1.807, 2.05) is 0 Å². The molecule has 2 heteroatoms. The minimum Gasteiger partial charge on any atom is -0.217 e. The Morgan fingerprint density at radius 2 is 1.15 bits per heavy atom. The first-order chi connectivity index (χ1) is 12.4. The molecule has 0 saturated carbocycles. The van der Waals surface area contributed by atoms with Gasteiger partial charge < -0.3 is 0 Å². The molecule has 1 aromatic carbocycles. The molecule has 1 aliphatic rings. The van der Waals surface area contributed by atoms with Crippen molar-refractivity contribution in [3.8, 4) is 11.4 Å². The first-order valence-electron chi connectivity index (χ1n) is 10.1. The Kier molecular flexibility index (Phi) is 3.55. The predicted octanol–water partition coefficient (Wildman–Crippen LogP) is 5.77. The van der Waals surface area contributed by atoms with Crippen molar-refractivity contribution in [2.45, 2.75) is 81.7 Å².